The number of aliphatic hydroxyl groups excluding tert-OH is 3. The van der Waals surface area contributed by atoms with Crippen molar-refractivity contribution in [2.75, 3.05) is 20.3 Å². The summed E-state index contributed by atoms with van der Waals surface area (Å²) in [5.74, 6) is 0. The number of hydrogen-bond donors (Lipinski definition) is 4. The van der Waals surface area contributed by atoms with Crippen molar-refractivity contribution < 1.29 is 29.3 Å². The molecule has 0 radical (unpaired) electrons. The van der Waals surface area contributed by atoms with Crippen molar-refractivity contribution in [2.24, 2.45) is 0 Å². The lowest BCUT2D eigenvalue weighted by Gasteiger charge is -1.96. The lowest BCUT2D eigenvalue weighted by molar-refractivity contribution is 0.0450. The van der Waals surface area contributed by atoms with Crippen LogP contribution in [-0.4, -0.2) is 46.6 Å². The monoisotopic (exact) mass is 187 g/mol. The zero-order chi connectivity index (χ0) is 9.28. The van der Waals surface area contributed by atoms with Crippen LogP contribution < -0.4 is 0 Å². The second kappa shape index (κ2) is 9.90. The fourth-order valence-corrected chi connectivity index (χ4v) is 0.0577. The van der Waals surface area contributed by atoms with E-state index in [1.807, 2.05) is 0 Å². The maximum absolute atomic E-state index is 9.29. The molecular formula is C4H12O6P+. The average Bonchev–Trinajstić information content (AvgIpc) is 2.04. The van der Waals surface area contributed by atoms with Crippen molar-refractivity contribution in [3.8, 4) is 0 Å². The third-order valence-electron chi connectivity index (χ3n) is 0.578. The van der Waals surface area contributed by atoms with E-state index in [-0.39, 0.29) is 13.2 Å². The first-order chi connectivity index (χ1) is 5.08. The van der Waals surface area contributed by atoms with Crippen LogP contribution in [0.5, 0.6) is 0 Å². The summed E-state index contributed by atoms with van der Waals surface area (Å²) in [5.41, 5.74) is 0. The van der Waals surface area contributed by atoms with Crippen LogP contribution in [-0.2, 0) is 9.09 Å². The predicted molar refractivity (Wildman–Crippen MR) is 37.0 cm³/mol. The molecule has 4 N–H and O–H groups in total. The molecule has 0 aromatic rings. The topological polar surface area (TPSA) is 107 Å². The van der Waals surface area contributed by atoms with E-state index in [2.05, 4.69) is 4.52 Å². The maximum atomic E-state index is 9.29. The number of hydrogen-bond acceptors (Lipinski definition) is 5. The van der Waals surface area contributed by atoms with Crippen molar-refractivity contribution in [2.45, 2.75) is 6.10 Å². The molecule has 0 bridgehead atoms. The molecule has 0 spiro atoms. The quantitative estimate of drug-likeness (QED) is 0.405. The van der Waals surface area contributed by atoms with E-state index in [0.29, 0.717) is 0 Å². The second-order valence-electron chi connectivity index (χ2n) is 1.44. The largest absolute Gasteiger partial charge is 0.694 e. The third-order valence-corrected chi connectivity index (χ3v) is 0.890. The Labute approximate surface area is 65.0 Å². The van der Waals surface area contributed by atoms with Gasteiger partial charge < -0.3 is 15.3 Å². The van der Waals surface area contributed by atoms with Crippen molar-refractivity contribution in [3.05, 3.63) is 0 Å². The molecule has 0 aliphatic carbocycles. The van der Waals surface area contributed by atoms with Gasteiger partial charge in [0.05, 0.1) is 20.3 Å². The molecule has 6 nitrogen and oxygen atoms in total. The molecule has 0 amide bonds. The van der Waals surface area contributed by atoms with Crippen LogP contribution in [0, 0.1) is 0 Å². The Morgan fingerprint density at radius 2 is 1.73 bits per heavy atom. The molecule has 0 rings (SSSR count). The first kappa shape index (κ1) is 13.5. The Hall–Kier alpha value is -0.100. The van der Waals surface area contributed by atoms with Crippen LogP contribution in [0.3, 0.4) is 0 Å². The van der Waals surface area contributed by atoms with Gasteiger partial charge in [-0.3, -0.25) is 0 Å². The van der Waals surface area contributed by atoms with E-state index < -0.39 is 14.4 Å². The van der Waals surface area contributed by atoms with Crippen LogP contribution in [0.1, 0.15) is 0 Å². The summed E-state index contributed by atoms with van der Waals surface area (Å²) in [6.45, 7) is -0.729. The molecule has 0 fully saturated rings. The van der Waals surface area contributed by atoms with Gasteiger partial charge in [-0.1, -0.05) is 0 Å². The van der Waals surface area contributed by atoms with Gasteiger partial charge in [0.2, 0.25) is 0 Å². The normalized spacial score (nSPS) is 10.5. The molecule has 0 aromatic carbocycles. The first-order valence-electron chi connectivity index (χ1n) is 2.68. The molecule has 1 unspecified atom stereocenters. The van der Waals surface area contributed by atoms with Gasteiger partial charge >= 0.3 is 8.25 Å². The molecule has 1 atom stereocenters. The van der Waals surface area contributed by atoms with E-state index in [9.17, 15) is 4.57 Å². The van der Waals surface area contributed by atoms with Crippen LogP contribution >= 0.6 is 8.25 Å². The average molecular weight is 187 g/mol. The maximum Gasteiger partial charge on any atom is 0.694 e. The summed E-state index contributed by atoms with van der Waals surface area (Å²) in [4.78, 5) is 7.65. The minimum atomic E-state index is -2.35. The van der Waals surface area contributed by atoms with Gasteiger partial charge in [-0.15, -0.1) is 9.42 Å². The summed E-state index contributed by atoms with van der Waals surface area (Å²) in [5, 5.41) is 24.0. The number of aliphatic hydroxyl groups is 3. The third kappa shape index (κ3) is 17.7. The van der Waals surface area contributed by atoms with Crippen LogP contribution in [0.25, 0.3) is 0 Å². The fraction of sp³-hybridized carbons (Fsp3) is 1.00. The highest BCUT2D eigenvalue weighted by Gasteiger charge is 2.02. The minimum Gasteiger partial charge on any atom is -0.394 e. The Balaban J connectivity index is 0. The van der Waals surface area contributed by atoms with Crippen LogP contribution in [0.15, 0.2) is 0 Å². The summed E-state index contributed by atoms with van der Waals surface area (Å²) in [7, 11) is -1.18. The molecule has 0 aromatic heterocycles. The van der Waals surface area contributed by atoms with Gasteiger partial charge in [0, 0.05) is 4.57 Å². The second-order valence-corrected chi connectivity index (χ2v) is 2.28. The Morgan fingerprint density at radius 1 is 1.45 bits per heavy atom. The smallest absolute Gasteiger partial charge is 0.394 e. The van der Waals surface area contributed by atoms with Crippen LogP contribution in [0.4, 0.5) is 0 Å². The lowest BCUT2D eigenvalue weighted by Crippen LogP contribution is -2.15. The van der Waals surface area contributed by atoms with Crippen LogP contribution in [0.2, 0.25) is 0 Å². The Kier molecular flexibility index (Phi) is 12.1. The van der Waals surface area contributed by atoms with Gasteiger partial charge in [-0.25, -0.2) is 0 Å². The lowest BCUT2D eigenvalue weighted by atomic mass is 10.4. The molecule has 0 aliphatic rings. The molecule has 0 heterocycles. The van der Waals surface area contributed by atoms with Crippen molar-refractivity contribution in [1.29, 1.82) is 0 Å². The molecule has 0 saturated heterocycles. The van der Waals surface area contributed by atoms with Gasteiger partial charge in [-0.2, -0.15) is 0 Å². The standard InChI is InChI=1S/C3H8O3.CH3O3P/c4-1-3(6)2-5;1-4-5(2)3/h3-6H,1-2H2;1H3/p+1. The summed E-state index contributed by atoms with van der Waals surface area (Å²) >= 11 is 0. The Bertz CT molecular complexity index is 92.6. The molecule has 0 aliphatic heterocycles. The van der Waals surface area contributed by atoms with E-state index in [1.165, 1.54) is 7.11 Å². The van der Waals surface area contributed by atoms with Gasteiger partial charge in [0.25, 0.3) is 0 Å². The minimum absolute atomic E-state index is 0.365. The first-order valence-corrected chi connectivity index (χ1v) is 3.81. The van der Waals surface area contributed by atoms with Gasteiger partial charge in [0.1, 0.15) is 6.10 Å². The molecule has 11 heavy (non-hydrogen) atoms. The van der Waals surface area contributed by atoms with E-state index in [0.717, 1.165) is 0 Å². The SMILES string of the molecule is CO[P+](=O)O.OCC(O)CO. The van der Waals surface area contributed by atoms with Crippen molar-refractivity contribution in [3.63, 3.8) is 0 Å². The highest BCUT2D eigenvalue weighted by Crippen LogP contribution is 2.09. The van der Waals surface area contributed by atoms with E-state index in [1.54, 1.807) is 0 Å². The highest BCUT2D eigenvalue weighted by molar-refractivity contribution is 7.32. The van der Waals surface area contributed by atoms with Crippen molar-refractivity contribution in [1.82, 2.24) is 0 Å². The summed E-state index contributed by atoms with van der Waals surface area (Å²) < 4.78 is 13.1. The Morgan fingerprint density at radius 3 is 1.73 bits per heavy atom. The fourth-order valence-electron chi connectivity index (χ4n) is 0.0577. The zero-order valence-electron chi connectivity index (χ0n) is 6.04. The van der Waals surface area contributed by atoms with E-state index >= 15 is 0 Å². The van der Waals surface area contributed by atoms with Gasteiger partial charge in [-0.05, 0) is 0 Å². The predicted octanol–water partition coefficient (Wildman–Crippen LogP) is -1.39. The number of rotatable bonds is 3. The molecule has 7 heteroatoms. The van der Waals surface area contributed by atoms with Gasteiger partial charge in [0.15, 0.2) is 0 Å². The zero-order valence-corrected chi connectivity index (χ0v) is 6.94. The molecule has 68 valence electrons. The summed E-state index contributed by atoms with van der Waals surface area (Å²) in [6, 6.07) is 0. The van der Waals surface area contributed by atoms with Crippen molar-refractivity contribution >= 4 is 8.25 Å². The highest BCUT2D eigenvalue weighted by atomic mass is 31.1. The molecule has 0 saturated carbocycles. The summed E-state index contributed by atoms with van der Waals surface area (Å²) in [6.07, 6.45) is -0.954. The molecular weight excluding hydrogens is 175 g/mol. The van der Waals surface area contributed by atoms with E-state index in [4.69, 9.17) is 20.2 Å².